The fraction of sp³-hybridized carbons (Fsp3) is 0.529. The maximum absolute atomic E-state index is 12.7. The number of hydrogen-bond donors (Lipinski definition) is 1. The summed E-state index contributed by atoms with van der Waals surface area (Å²) in [5.74, 6) is 1.73. The zero-order valence-electron chi connectivity index (χ0n) is 14.1. The Morgan fingerprint density at radius 3 is 2.96 bits per heavy atom. The number of hydrogen-bond acceptors (Lipinski definition) is 4. The highest BCUT2D eigenvalue weighted by molar-refractivity contribution is 5.94. The molecule has 1 fully saturated rings. The summed E-state index contributed by atoms with van der Waals surface area (Å²) in [6.07, 6.45) is 6.21. The van der Waals surface area contributed by atoms with Crippen molar-refractivity contribution in [2.45, 2.75) is 45.6 Å². The quantitative estimate of drug-likeness (QED) is 0.678. The van der Waals surface area contributed by atoms with Crippen LogP contribution in [0.2, 0.25) is 0 Å². The minimum atomic E-state index is -0.140. The number of carbonyl (C=O) groups excluding carboxylic acids is 1. The Morgan fingerprint density at radius 2 is 2.25 bits per heavy atom. The van der Waals surface area contributed by atoms with Crippen molar-refractivity contribution in [1.29, 1.82) is 0 Å². The molecule has 0 aliphatic heterocycles. The Balaban J connectivity index is 1.74. The third-order valence-electron chi connectivity index (χ3n) is 5.22. The van der Waals surface area contributed by atoms with E-state index in [4.69, 9.17) is 0 Å². The van der Waals surface area contributed by atoms with Crippen molar-refractivity contribution in [3.05, 3.63) is 40.7 Å². The Hall–Kier alpha value is -2.44. The van der Waals surface area contributed by atoms with Crippen LogP contribution in [0.25, 0.3) is 5.82 Å². The largest absolute Gasteiger partial charge is 0.619 e. The molecule has 7 heteroatoms. The van der Waals surface area contributed by atoms with Gasteiger partial charge < -0.3 is 10.5 Å². The van der Waals surface area contributed by atoms with Crippen LogP contribution in [0.1, 0.15) is 54.9 Å². The molecular formula is C17H21N5O2. The van der Waals surface area contributed by atoms with Gasteiger partial charge in [0.15, 0.2) is 11.9 Å². The summed E-state index contributed by atoms with van der Waals surface area (Å²) in [6.45, 7) is 6.14. The molecule has 0 aromatic carbocycles. The Morgan fingerprint density at radius 1 is 1.46 bits per heavy atom. The van der Waals surface area contributed by atoms with Crippen molar-refractivity contribution >= 4 is 5.91 Å². The number of carbonyl (C=O) groups is 1. The first-order chi connectivity index (χ1) is 11.5. The van der Waals surface area contributed by atoms with Crippen LogP contribution in [-0.4, -0.2) is 26.7 Å². The molecule has 0 bridgehead atoms. The minimum Gasteiger partial charge on any atom is -0.619 e. The second kappa shape index (κ2) is 5.29. The van der Waals surface area contributed by atoms with Crippen LogP contribution in [0, 0.1) is 17.0 Å². The average Bonchev–Trinajstić information content (AvgIpc) is 3.03. The third-order valence-corrected chi connectivity index (χ3v) is 5.22. The lowest BCUT2D eigenvalue weighted by atomic mass is 10.1. The summed E-state index contributed by atoms with van der Waals surface area (Å²) in [4.78, 5) is 16.9. The topological polar surface area (TPSA) is 86.8 Å². The van der Waals surface area contributed by atoms with E-state index in [1.165, 1.54) is 18.6 Å². The summed E-state index contributed by atoms with van der Waals surface area (Å²) < 4.78 is 2.40. The van der Waals surface area contributed by atoms with Gasteiger partial charge in [0, 0.05) is 17.5 Å². The fourth-order valence-electron chi connectivity index (χ4n) is 3.39. The molecule has 3 atom stereocenters. The molecule has 2 aromatic heterocycles. The predicted molar refractivity (Wildman–Crippen MR) is 86.6 cm³/mol. The first-order valence-corrected chi connectivity index (χ1v) is 8.43. The summed E-state index contributed by atoms with van der Waals surface area (Å²) in [6, 6.07) is 0.0767. The Bertz CT molecular complexity index is 813. The lowest BCUT2D eigenvalue weighted by molar-refractivity contribution is -0.605. The lowest BCUT2D eigenvalue weighted by Crippen LogP contribution is -2.36. The zero-order valence-corrected chi connectivity index (χ0v) is 14.1. The molecule has 0 spiro atoms. The summed E-state index contributed by atoms with van der Waals surface area (Å²) in [5, 5.41) is 19.1. The molecule has 126 valence electrons. The normalized spacial score (nSPS) is 22.2. The van der Waals surface area contributed by atoms with E-state index in [1.807, 2.05) is 6.92 Å². The summed E-state index contributed by atoms with van der Waals surface area (Å²) >= 11 is 0. The molecule has 0 radical (unpaired) electrons. The van der Waals surface area contributed by atoms with Crippen LogP contribution in [-0.2, 0) is 6.42 Å². The number of nitrogens with zero attached hydrogens (tertiary/aromatic N) is 4. The highest BCUT2D eigenvalue weighted by Gasteiger charge is 2.50. The predicted octanol–water partition coefficient (Wildman–Crippen LogP) is 1.33. The van der Waals surface area contributed by atoms with Crippen LogP contribution in [0.15, 0.2) is 18.6 Å². The van der Waals surface area contributed by atoms with Gasteiger partial charge in [0.05, 0.1) is 11.9 Å². The van der Waals surface area contributed by atoms with Gasteiger partial charge >= 0.3 is 0 Å². The monoisotopic (exact) mass is 327 g/mol. The van der Waals surface area contributed by atoms with Gasteiger partial charge in [-0.05, 0) is 31.6 Å². The molecule has 2 aliphatic carbocycles. The van der Waals surface area contributed by atoms with Gasteiger partial charge in [-0.15, -0.1) is 0 Å². The molecule has 1 N–H and O–H groups in total. The summed E-state index contributed by atoms with van der Waals surface area (Å²) in [5.41, 5.74) is 2.56. The van der Waals surface area contributed by atoms with Crippen LogP contribution < -0.4 is 10.0 Å². The van der Waals surface area contributed by atoms with Crippen molar-refractivity contribution < 1.29 is 9.52 Å². The maximum Gasteiger partial charge on any atom is 0.272 e. The van der Waals surface area contributed by atoms with Crippen LogP contribution in [0.4, 0.5) is 0 Å². The van der Waals surface area contributed by atoms with Gasteiger partial charge in [0.25, 0.3) is 5.91 Å². The molecule has 2 aromatic rings. The first-order valence-electron chi connectivity index (χ1n) is 8.43. The molecular weight excluding hydrogens is 306 g/mol. The van der Waals surface area contributed by atoms with Gasteiger partial charge in [-0.1, -0.05) is 13.8 Å². The van der Waals surface area contributed by atoms with Crippen molar-refractivity contribution in [2.75, 3.05) is 0 Å². The van der Waals surface area contributed by atoms with Crippen LogP contribution in [0.3, 0.4) is 0 Å². The van der Waals surface area contributed by atoms with Gasteiger partial charge in [0.1, 0.15) is 0 Å². The molecule has 4 rings (SSSR count). The SMILES string of the molecule is CC(C)[C@@H](C)NC(=O)c1nn(-c2c[n+]([O-])ccn2)c2c1C[C@H]1C[C@@H]21. The standard InChI is InChI=1S/C17H21N5O2/c1-9(2)10(3)19-17(23)15-13-7-11-6-12(11)16(13)22(20-15)14-8-21(24)5-4-18-14/h4-5,8-12H,6-7H2,1-3H3,(H,19,23)/t10-,11-,12-/m1/s1. The molecule has 1 amide bonds. The minimum absolute atomic E-state index is 0.0767. The van der Waals surface area contributed by atoms with E-state index in [9.17, 15) is 10.0 Å². The van der Waals surface area contributed by atoms with Gasteiger partial charge in [-0.2, -0.15) is 9.83 Å². The van der Waals surface area contributed by atoms with Crippen molar-refractivity contribution in [1.82, 2.24) is 20.1 Å². The summed E-state index contributed by atoms with van der Waals surface area (Å²) in [7, 11) is 0. The molecule has 7 nitrogen and oxygen atoms in total. The van der Waals surface area contributed by atoms with Crippen LogP contribution >= 0.6 is 0 Å². The van der Waals surface area contributed by atoms with E-state index in [1.54, 1.807) is 4.68 Å². The lowest BCUT2D eigenvalue weighted by Gasteiger charge is -2.16. The van der Waals surface area contributed by atoms with Gasteiger partial charge in [-0.3, -0.25) is 4.79 Å². The molecule has 0 saturated heterocycles. The third kappa shape index (κ3) is 2.35. The highest BCUT2D eigenvalue weighted by Crippen LogP contribution is 2.57. The Kier molecular flexibility index (Phi) is 3.33. The van der Waals surface area contributed by atoms with E-state index in [-0.39, 0.29) is 11.9 Å². The van der Waals surface area contributed by atoms with Crippen molar-refractivity contribution in [2.24, 2.45) is 11.8 Å². The number of fused-ring (bicyclic) bond motifs is 3. The second-order valence-electron chi connectivity index (χ2n) is 7.21. The molecule has 2 aliphatic rings. The maximum atomic E-state index is 12.7. The molecule has 24 heavy (non-hydrogen) atoms. The van der Waals surface area contributed by atoms with Gasteiger partial charge in [-0.25, -0.2) is 9.67 Å². The van der Waals surface area contributed by atoms with E-state index in [0.717, 1.165) is 24.1 Å². The molecule has 1 saturated carbocycles. The Labute approximate surface area is 140 Å². The molecule has 0 unspecified atom stereocenters. The number of aromatic nitrogens is 4. The van der Waals surface area contributed by atoms with E-state index >= 15 is 0 Å². The number of rotatable bonds is 4. The first kappa shape index (κ1) is 15.1. The number of nitrogens with one attached hydrogen (secondary N) is 1. The van der Waals surface area contributed by atoms with E-state index in [0.29, 0.717) is 34.0 Å². The van der Waals surface area contributed by atoms with Crippen LogP contribution in [0.5, 0.6) is 0 Å². The average molecular weight is 327 g/mol. The zero-order chi connectivity index (χ0) is 17.0. The van der Waals surface area contributed by atoms with Crippen molar-refractivity contribution in [3.63, 3.8) is 0 Å². The fourth-order valence-corrected chi connectivity index (χ4v) is 3.39. The van der Waals surface area contributed by atoms with Crippen molar-refractivity contribution in [3.8, 4) is 5.82 Å². The number of amides is 1. The second-order valence-corrected chi connectivity index (χ2v) is 7.21. The smallest absolute Gasteiger partial charge is 0.272 e. The highest BCUT2D eigenvalue weighted by atomic mass is 16.5. The van der Waals surface area contributed by atoms with Gasteiger partial charge in [0.2, 0.25) is 12.0 Å². The van der Waals surface area contributed by atoms with E-state index < -0.39 is 0 Å². The molecule has 2 heterocycles. The van der Waals surface area contributed by atoms with E-state index in [2.05, 4.69) is 29.2 Å².